The number of morpholine rings is 1. The van der Waals surface area contributed by atoms with Gasteiger partial charge in [-0.05, 0) is 20.8 Å². The highest BCUT2D eigenvalue weighted by atomic mass is 32.1. The van der Waals surface area contributed by atoms with Gasteiger partial charge in [0.05, 0.1) is 37.2 Å². The molecule has 120 valence electrons. The molecule has 1 fully saturated rings. The Kier molecular flexibility index (Phi) is 2.48. The SMILES string of the molecule is [2H]C1([2H])OC([2H])([2H])C([2H])([2H])N(c2nsnc2OC[C@@]([2H])(O)C([2H])([2H])NC(C)(C)C)C1([2H])[2H]. The van der Waals surface area contributed by atoms with Gasteiger partial charge in [0.15, 0.2) is 0 Å². The van der Waals surface area contributed by atoms with Crippen molar-refractivity contribution < 1.29 is 29.7 Å². The summed E-state index contributed by atoms with van der Waals surface area (Å²) in [4.78, 5) is 0.0490. The smallest absolute Gasteiger partial charge is 0.270 e. The molecule has 1 atom stereocenters. The number of anilines is 1. The van der Waals surface area contributed by atoms with Crippen molar-refractivity contribution >= 4 is 17.5 Å². The maximum absolute atomic E-state index is 10.3. The molecule has 2 N–H and O–H groups in total. The number of nitrogens with one attached hydrogen (secondary N) is 1. The van der Waals surface area contributed by atoms with Gasteiger partial charge in [0.1, 0.15) is 12.7 Å². The Hall–Kier alpha value is -0.960. The van der Waals surface area contributed by atoms with Crippen LogP contribution in [-0.4, -0.2) is 64.7 Å². The van der Waals surface area contributed by atoms with Crippen molar-refractivity contribution in [3.8, 4) is 5.88 Å². The highest BCUT2D eigenvalue weighted by molar-refractivity contribution is 6.99. The molecule has 0 aliphatic carbocycles. The number of β-amino-alcohol motifs (C(OH)–C–C–N with tert-alkyl or cyclic N) is 1. The van der Waals surface area contributed by atoms with Gasteiger partial charge >= 0.3 is 0 Å². The summed E-state index contributed by atoms with van der Waals surface area (Å²) in [5.41, 5.74) is -0.830. The van der Waals surface area contributed by atoms with Crippen LogP contribution in [0.15, 0.2) is 0 Å². The Labute approximate surface area is 145 Å². The van der Waals surface area contributed by atoms with Crippen molar-refractivity contribution in [1.82, 2.24) is 14.1 Å². The normalized spacial score (nSPS) is 37.3. The molecule has 1 aliphatic heterocycles. The Morgan fingerprint density at radius 2 is 2.29 bits per heavy atom. The van der Waals surface area contributed by atoms with Gasteiger partial charge in [-0.25, -0.2) is 0 Å². The van der Waals surface area contributed by atoms with E-state index in [2.05, 4.69) is 18.8 Å². The Bertz CT molecular complexity index is 817. The monoisotopic (exact) mass is 327 g/mol. The minimum Gasteiger partial charge on any atom is -0.472 e. The number of rotatable bonds is 6. The number of hydrogen-bond acceptors (Lipinski definition) is 8. The Morgan fingerprint density at radius 3 is 2.95 bits per heavy atom. The second-order valence-electron chi connectivity index (χ2n) is 4.99. The average molecular weight is 327 g/mol. The summed E-state index contributed by atoms with van der Waals surface area (Å²) in [6.45, 7) is -12.2. The molecule has 8 heteroatoms. The lowest BCUT2D eigenvalue weighted by Gasteiger charge is -2.27. The van der Waals surface area contributed by atoms with E-state index < -0.39 is 62.5 Å². The highest BCUT2D eigenvalue weighted by Crippen LogP contribution is 2.26. The lowest BCUT2D eigenvalue weighted by Crippen LogP contribution is -2.42. The van der Waals surface area contributed by atoms with Crippen molar-refractivity contribution in [2.45, 2.75) is 32.4 Å². The molecule has 2 rings (SSSR count). The van der Waals surface area contributed by atoms with Crippen LogP contribution in [0.1, 0.15) is 35.8 Å². The van der Waals surface area contributed by atoms with Gasteiger partial charge in [0.2, 0.25) is 5.82 Å². The molecule has 1 aromatic rings. The molecule has 0 amide bonds. The maximum atomic E-state index is 10.3. The lowest BCUT2D eigenvalue weighted by atomic mass is 10.1. The van der Waals surface area contributed by atoms with Crippen molar-refractivity contribution in [2.75, 3.05) is 44.1 Å². The number of nitrogens with zero attached hydrogens (tertiary/aromatic N) is 3. The number of hydrogen-bond donors (Lipinski definition) is 2. The van der Waals surface area contributed by atoms with Crippen molar-refractivity contribution in [1.29, 1.82) is 0 Å². The minimum absolute atomic E-state index is 0.0490. The maximum Gasteiger partial charge on any atom is 0.270 e. The Morgan fingerprint density at radius 1 is 1.57 bits per heavy atom. The molecule has 2 heterocycles. The van der Waals surface area contributed by atoms with Crippen molar-refractivity contribution in [3.05, 3.63) is 0 Å². The molecular formula is C13H24N4O3S. The molecule has 1 aromatic heterocycles. The van der Waals surface area contributed by atoms with Gasteiger partial charge in [0.25, 0.3) is 5.88 Å². The molecule has 21 heavy (non-hydrogen) atoms. The zero-order valence-corrected chi connectivity index (χ0v) is 12.5. The second-order valence-corrected chi connectivity index (χ2v) is 5.52. The van der Waals surface area contributed by atoms with Crippen LogP contribution in [-0.2, 0) is 4.74 Å². The zero-order chi connectivity index (χ0) is 25.2. The van der Waals surface area contributed by atoms with E-state index in [4.69, 9.17) is 19.8 Å². The van der Waals surface area contributed by atoms with Crippen LogP contribution in [0.3, 0.4) is 0 Å². The van der Waals surface area contributed by atoms with Crippen LogP contribution in [0, 0.1) is 0 Å². The highest BCUT2D eigenvalue weighted by Gasteiger charge is 2.21. The predicted molar refractivity (Wildman–Crippen MR) is 82.2 cm³/mol. The summed E-state index contributed by atoms with van der Waals surface area (Å²) in [7, 11) is 0. The van der Waals surface area contributed by atoms with Crippen LogP contribution >= 0.6 is 11.7 Å². The fraction of sp³-hybridized carbons (Fsp3) is 0.846. The van der Waals surface area contributed by atoms with E-state index in [0.717, 1.165) is 0 Å². The molecule has 0 spiro atoms. The summed E-state index contributed by atoms with van der Waals surface area (Å²) < 4.78 is 104. The number of aliphatic hydroxyl groups is 1. The molecule has 0 unspecified atom stereocenters. The van der Waals surface area contributed by atoms with Crippen molar-refractivity contribution in [2.24, 2.45) is 0 Å². The van der Waals surface area contributed by atoms with E-state index in [0.29, 0.717) is 11.7 Å². The number of aromatic nitrogens is 2. The summed E-state index contributed by atoms with van der Waals surface area (Å²) in [5, 5.41) is 12.8. The van der Waals surface area contributed by atoms with Gasteiger partial charge in [-0.1, -0.05) is 0 Å². The minimum atomic E-state index is -3.33. The van der Waals surface area contributed by atoms with Crippen LogP contribution in [0.25, 0.3) is 0 Å². The van der Waals surface area contributed by atoms with E-state index >= 15 is 0 Å². The van der Waals surface area contributed by atoms with Gasteiger partial charge in [0, 0.05) is 27.8 Å². The quantitative estimate of drug-likeness (QED) is 0.787. The fourth-order valence-electron chi connectivity index (χ4n) is 1.13. The van der Waals surface area contributed by atoms with E-state index in [-0.39, 0.29) is 4.90 Å². The third-order valence-corrected chi connectivity index (χ3v) is 2.50. The number of ether oxygens (including phenoxy) is 2. The molecule has 0 radical (unpaired) electrons. The van der Waals surface area contributed by atoms with Crippen LogP contribution in [0.5, 0.6) is 5.88 Å². The molecule has 0 bridgehead atoms. The van der Waals surface area contributed by atoms with Crippen LogP contribution in [0.4, 0.5) is 5.82 Å². The van der Waals surface area contributed by atoms with Crippen molar-refractivity contribution in [3.63, 3.8) is 0 Å². The summed E-state index contributed by atoms with van der Waals surface area (Å²) >= 11 is 0.392. The topological polar surface area (TPSA) is 79.7 Å². The van der Waals surface area contributed by atoms with Gasteiger partial charge in [-0.3, -0.25) is 0 Å². The van der Waals surface area contributed by atoms with Gasteiger partial charge < -0.3 is 24.8 Å². The molecule has 1 aliphatic rings. The molecular weight excluding hydrogens is 292 g/mol. The first-order chi connectivity index (χ1) is 14.0. The predicted octanol–water partition coefficient (Wildman–Crippen LogP) is 0.502. The van der Waals surface area contributed by atoms with E-state index in [1.807, 2.05) is 0 Å². The van der Waals surface area contributed by atoms with Gasteiger partial charge in [-0.15, -0.1) is 4.37 Å². The second kappa shape index (κ2) is 7.35. The summed E-state index contributed by atoms with van der Waals surface area (Å²) in [5.74, 6) is -1.41. The summed E-state index contributed by atoms with van der Waals surface area (Å²) in [6, 6.07) is 0. The van der Waals surface area contributed by atoms with Crippen LogP contribution in [0.2, 0.25) is 0 Å². The first kappa shape index (κ1) is 7.08. The standard InChI is InChI=1S/C13H24N4O3S/c1-13(2,3)14-8-10(18)9-20-12-11(15-21-16-12)17-4-6-19-7-5-17/h10,14,18H,4-9H2,1-3H3/t10-/m0/s1/i4D2,5D2,6D2,7D2,8D2,10D. The first-order valence-electron chi connectivity index (χ1n) is 11.5. The van der Waals surface area contributed by atoms with E-state index in [1.165, 1.54) is 0 Å². The van der Waals surface area contributed by atoms with Gasteiger partial charge in [-0.2, -0.15) is 4.37 Å². The largest absolute Gasteiger partial charge is 0.472 e. The molecule has 1 saturated heterocycles. The van der Waals surface area contributed by atoms with E-state index in [1.54, 1.807) is 20.8 Å². The molecule has 0 saturated carbocycles. The molecule has 7 nitrogen and oxygen atoms in total. The lowest BCUT2D eigenvalue weighted by molar-refractivity contribution is 0.0975. The fourth-order valence-corrected chi connectivity index (χ4v) is 1.62. The average Bonchev–Trinajstić information content (AvgIpc) is 2.95. The zero-order valence-electron chi connectivity index (χ0n) is 22.7. The Balaban J connectivity index is 2.41. The third kappa shape index (κ3) is 5.39. The first-order valence-corrected chi connectivity index (χ1v) is 6.69. The molecule has 0 aromatic carbocycles. The summed E-state index contributed by atoms with van der Waals surface area (Å²) in [6.07, 6.45) is -2.90. The van der Waals surface area contributed by atoms with Crippen LogP contribution < -0.4 is 15.0 Å². The van der Waals surface area contributed by atoms with E-state index in [9.17, 15) is 5.11 Å². The third-order valence-electron chi connectivity index (χ3n) is 2.00.